The van der Waals surface area contributed by atoms with Gasteiger partial charge in [-0.1, -0.05) is 30.3 Å². The van der Waals surface area contributed by atoms with E-state index in [2.05, 4.69) is 0 Å². The first-order valence-electron chi connectivity index (χ1n) is 7.05. The SMILES string of the molecule is c1ccc(-c2cc(-c3ccco3)cc(-c3ccco3)n2)cc1. The van der Waals surface area contributed by atoms with E-state index in [0.29, 0.717) is 0 Å². The highest BCUT2D eigenvalue weighted by Gasteiger charge is 2.11. The van der Waals surface area contributed by atoms with Crippen LogP contribution in [0.2, 0.25) is 0 Å². The molecule has 3 nitrogen and oxygen atoms in total. The van der Waals surface area contributed by atoms with Crippen LogP contribution < -0.4 is 0 Å². The highest BCUT2D eigenvalue weighted by atomic mass is 16.3. The highest BCUT2D eigenvalue weighted by Crippen LogP contribution is 2.30. The van der Waals surface area contributed by atoms with E-state index in [0.717, 1.165) is 34.0 Å². The zero-order valence-electron chi connectivity index (χ0n) is 11.8. The van der Waals surface area contributed by atoms with Gasteiger partial charge in [0.25, 0.3) is 0 Å². The summed E-state index contributed by atoms with van der Waals surface area (Å²) < 4.78 is 11.0. The van der Waals surface area contributed by atoms with Gasteiger partial charge in [0, 0.05) is 11.1 Å². The van der Waals surface area contributed by atoms with E-state index in [-0.39, 0.29) is 0 Å². The third-order valence-corrected chi connectivity index (χ3v) is 3.47. The van der Waals surface area contributed by atoms with Gasteiger partial charge < -0.3 is 8.83 Å². The summed E-state index contributed by atoms with van der Waals surface area (Å²) in [5.74, 6) is 1.55. The van der Waals surface area contributed by atoms with Crippen LogP contribution in [0, 0.1) is 0 Å². The van der Waals surface area contributed by atoms with Crippen molar-refractivity contribution in [1.82, 2.24) is 4.98 Å². The normalized spacial score (nSPS) is 10.7. The monoisotopic (exact) mass is 287 g/mol. The van der Waals surface area contributed by atoms with Gasteiger partial charge >= 0.3 is 0 Å². The van der Waals surface area contributed by atoms with Crippen LogP contribution in [0.3, 0.4) is 0 Å². The van der Waals surface area contributed by atoms with E-state index in [1.165, 1.54) is 0 Å². The molecule has 106 valence electrons. The molecule has 0 aliphatic heterocycles. The van der Waals surface area contributed by atoms with Crippen LogP contribution in [0.15, 0.2) is 88.1 Å². The molecule has 0 unspecified atom stereocenters. The first-order valence-corrected chi connectivity index (χ1v) is 7.05. The van der Waals surface area contributed by atoms with E-state index in [1.54, 1.807) is 12.5 Å². The van der Waals surface area contributed by atoms with Gasteiger partial charge in [-0.2, -0.15) is 0 Å². The maximum atomic E-state index is 5.52. The molecule has 0 atom stereocenters. The van der Waals surface area contributed by atoms with Crippen molar-refractivity contribution in [2.75, 3.05) is 0 Å². The number of pyridine rings is 1. The van der Waals surface area contributed by atoms with Crippen LogP contribution >= 0.6 is 0 Å². The van der Waals surface area contributed by atoms with Crippen molar-refractivity contribution < 1.29 is 8.83 Å². The fraction of sp³-hybridized carbons (Fsp3) is 0. The molecule has 0 radical (unpaired) electrons. The standard InChI is InChI=1S/C19H13NO2/c1-2-6-14(7-3-1)16-12-15(18-8-4-10-21-18)13-17(20-16)19-9-5-11-22-19/h1-13H. The molecule has 0 aliphatic rings. The van der Waals surface area contributed by atoms with Gasteiger partial charge in [-0.25, -0.2) is 4.98 Å². The minimum atomic E-state index is 0.741. The van der Waals surface area contributed by atoms with Crippen LogP contribution in [0.25, 0.3) is 34.0 Å². The van der Waals surface area contributed by atoms with Crippen LogP contribution in [0.4, 0.5) is 0 Å². The van der Waals surface area contributed by atoms with E-state index < -0.39 is 0 Å². The fourth-order valence-corrected chi connectivity index (χ4v) is 2.42. The molecule has 0 amide bonds. The summed E-state index contributed by atoms with van der Waals surface area (Å²) in [6, 6.07) is 21.7. The van der Waals surface area contributed by atoms with Gasteiger partial charge in [-0.15, -0.1) is 0 Å². The molecule has 3 heterocycles. The maximum Gasteiger partial charge on any atom is 0.152 e. The Morgan fingerprint density at radius 1 is 0.591 bits per heavy atom. The van der Waals surface area contributed by atoms with E-state index in [1.807, 2.05) is 66.7 Å². The van der Waals surface area contributed by atoms with Crippen molar-refractivity contribution in [1.29, 1.82) is 0 Å². The second-order valence-electron chi connectivity index (χ2n) is 4.95. The lowest BCUT2D eigenvalue weighted by atomic mass is 10.1. The topological polar surface area (TPSA) is 39.2 Å². The molecular formula is C19H13NO2. The van der Waals surface area contributed by atoms with E-state index >= 15 is 0 Å². The van der Waals surface area contributed by atoms with Gasteiger partial charge in [0.05, 0.1) is 18.2 Å². The first-order chi connectivity index (χ1) is 10.9. The minimum absolute atomic E-state index is 0.741. The third kappa shape index (κ3) is 2.33. The smallest absolute Gasteiger partial charge is 0.152 e. The molecule has 0 bridgehead atoms. The summed E-state index contributed by atoms with van der Waals surface area (Å²) in [5, 5.41) is 0. The maximum absolute atomic E-state index is 5.52. The quantitative estimate of drug-likeness (QED) is 0.515. The number of benzene rings is 1. The summed E-state index contributed by atoms with van der Waals surface area (Å²) in [7, 11) is 0. The molecule has 3 heteroatoms. The molecule has 0 N–H and O–H groups in total. The number of hydrogen-bond acceptors (Lipinski definition) is 3. The van der Waals surface area contributed by atoms with Crippen molar-refractivity contribution >= 4 is 0 Å². The molecule has 0 spiro atoms. The summed E-state index contributed by atoms with van der Waals surface area (Å²) in [5.41, 5.74) is 3.72. The molecule has 3 aromatic heterocycles. The predicted octanol–water partition coefficient (Wildman–Crippen LogP) is 5.27. The summed E-state index contributed by atoms with van der Waals surface area (Å²) in [4.78, 5) is 4.72. The van der Waals surface area contributed by atoms with E-state index in [9.17, 15) is 0 Å². The van der Waals surface area contributed by atoms with Crippen LogP contribution in [0.5, 0.6) is 0 Å². The summed E-state index contributed by atoms with van der Waals surface area (Å²) in [6.45, 7) is 0. The molecule has 0 saturated heterocycles. The van der Waals surface area contributed by atoms with Gasteiger partial charge in [0.1, 0.15) is 11.5 Å². The first kappa shape index (κ1) is 12.7. The van der Waals surface area contributed by atoms with Crippen molar-refractivity contribution in [3.05, 3.63) is 79.3 Å². The van der Waals surface area contributed by atoms with E-state index in [4.69, 9.17) is 13.8 Å². The van der Waals surface area contributed by atoms with Crippen LogP contribution in [-0.2, 0) is 0 Å². The Bertz CT molecular complexity index is 811. The Balaban J connectivity index is 1.91. The van der Waals surface area contributed by atoms with Crippen LogP contribution in [-0.4, -0.2) is 4.98 Å². The zero-order valence-corrected chi connectivity index (χ0v) is 11.8. The second-order valence-corrected chi connectivity index (χ2v) is 4.95. The Morgan fingerprint density at radius 3 is 1.95 bits per heavy atom. The molecule has 4 aromatic rings. The number of rotatable bonds is 3. The summed E-state index contributed by atoms with van der Waals surface area (Å²) in [6.07, 6.45) is 3.32. The van der Waals surface area contributed by atoms with Gasteiger partial charge in [0.15, 0.2) is 5.76 Å². The lowest BCUT2D eigenvalue weighted by Gasteiger charge is -2.07. The number of aromatic nitrogens is 1. The third-order valence-electron chi connectivity index (χ3n) is 3.47. The Hall–Kier alpha value is -3.07. The molecule has 22 heavy (non-hydrogen) atoms. The molecule has 0 aliphatic carbocycles. The van der Waals surface area contributed by atoms with Crippen molar-refractivity contribution in [2.45, 2.75) is 0 Å². The van der Waals surface area contributed by atoms with Crippen LogP contribution in [0.1, 0.15) is 0 Å². The van der Waals surface area contributed by atoms with Gasteiger partial charge in [-0.05, 0) is 36.4 Å². The Morgan fingerprint density at radius 2 is 1.27 bits per heavy atom. The summed E-state index contributed by atoms with van der Waals surface area (Å²) >= 11 is 0. The fourth-order valence-electron chi connectivity index (χ4n) is 2.42. The molecule has 0 saturated carbocycles. The lowest BCUT2D eigenvalue weighted by Crippen LogP contribution is -1.89. The second kappa shape index (κ2) is 5.37. The predicted molar refractivity (Wildman–Crippen MR) is 85.1 cm³/mol. The average molecular weight is 287 g/mol. The Labute approximate surface area is 127 Å². The number of furan rings is 2. The van der Waals surface area contributed by atoms with Crippen molar-refractivity contribution in [2.24, 2.45) is 0 Å². The molecular weight excluding hydrogens is 274 g/mol. The zero-order chi connectivity index (χ0) is 14.8. The largest absolute Gasteiger partial charge is 0.464 e. The number of hydrogen-bond donors (Lipinski definition) is 0. The Kier molecular flexibility index (Phi) is 3.09. The van der Waals surface area contributed by atoms with Gasteiger partial charge in [0.2, 0.25) is 0 Å². The lowest BCUT2D eigenvalue weighted by molar-refractivity contribution is 0.578. The molecule has 0 fully saturated rings. The molecule has 1 aromatic carbocycles. The average Bonchev–Trinajstić information content (AvgIpc) is 3.29. The van der Waals surface area contributed by atoms with Crippen molar-refractivity contribution in [3.63, 3.8) is 0 Å². The molecule has 4 rings (SSSR count). The number of nitrogens with zero attached hydrogens (tertiary/aromatic N) is 1. The highest BCUT2D eigenvalue weighted by molar-refractivity contribution is 5.73. The van der Waals surface area contributed by atoms with Crippen molar-refractivity contribution in [3.8, 4) is 34.0 Å². The minimum Gasteiger partial charge on any atom is -0.464 e. The van der Waals surface area contributed by atoms with Gasteiger partial charge in [-0.3, -0.25) is 0 Å².